The van der Waals surface area contributed by atoms with Crippen molar-refractivity contribution in [1.29, 1.82) is 0 Å². The standard InChI is InChI=1S/C58H35N3S/c1-3-12-36(13-4-1)38-22-26-41(27-23-38)61-55-28-24-39(37-14-5-2-6-15-37)30-50(55)51-31-40(25-29-56(51)61)53-34-59-35-54(60-53)47-21-11-20-46-52-32-48-44-18-9-7-16-42(44)43-17-8-10-19-45(43)49(48)33-57(52)62-58(46)47/h1-35H. The van der Waals surface area contributed by atoms with E-state index in [1.54, 1.807) is 0 Å². The van der Waals surface area contributed by atoms with Gasteiger partial charge in [0, 0.05) is 47.8 Å². The summed E-state index contributed by atoms with van der Waals surface area (Å²) in [5, 5.41) is 12.6. The van der Waals surface area contributed by atoms with Crippen LogP contribution in [0, 0.1) is 0 Å². The van der Waals surface area contributed by atoms with Crippen molar-refractivity contribution in [1.82, 2.24) is 14.5 Å². The van der Waals surface area contributed by atoms with Crippen molar-refractivity contribution in [2.45, 2.75) is 0 Å². The summed E-state index contributed by atoms with van der Waals surface area (Å²) in [5.41, 5.74) is 12.1. The maximum Gasteiger partial charge on any atom is 0.0907 e. The summed E-state index contributed by atoms with van der Waals surface area (Å²) in [6, 6.07) is 72.7. The summed E-state index contributed by atoms with van der Waals surface area (Å²) in [7, 11) is 0. The van der Waals surface area contributed by atoms with E-state index in [1.165, 1.54) is 85.5 Å². The Labute approximate surface area is 361 Å². The highest BCUT2D eigenvalue weighted by Crippen LogP contribution is 2.45. The Morgan fingerprint density at radius 2 is 0.855 bits per heavy atom. The monoisotopic (exact) mass is 805 g/mol. The smallest absolute Gasteiger partial charge is 0.0907 e. The van der Waals surface area contributed by atoms with Gasteiger partial charge in [-0.3, -0.25) is 4.98 Å². The molecule has 0 aliphatic rings. The molecule has 0 atom stereocenters. The Morgan fingerprint density at radius 1 is 0.339 bits per heavy atom. The highest BCUT2D eigenvalue weighted by Gasteiger charge is 2.18. The van der Waals surface area contributed by atoms with Crippen molar-refractivity contribution in [3.8, 4) is 50.5 Å². The van der Waals surface area contributed by atoms with Gasteiger partial charge in [-0.15, -0.1) is 11.3 Å². The van der Waals surface area contributed by atoms with Crippen LogP contribution in [0.2, 0.25) is 0 Å². The Morgan fingerprint density at radius 3 is 1.53 bits per heavy atom. The van der Waals surface area contributed by atoms with Gasteiger partial charge in [-0.2, -0.15) is 0 Å². The first-order chi connectivity index (χ1) is 30.7. The summed E-state index contributed by atoms with van der Waals surface area (Å²) in [4.78, 5) is 10.2. The third-order valence-electron chi connectivity index (χ3n) is 12.7. The number of rotatable bonds is 5. The molecule has 62 heavy (non-hydrogen) atoms. The van der Waals surface area contributed by atoms with E-state index in [-0.39, 0.29) is 0 Å². The molecule has 13 aromatic rings. The van der Waals surface area contributed by atoms with Crippen molar-refractivity contribution < 1.29 is 0 Å². The second-order valence-electron chi connectivity index (χ2n) is 16.1. The van der Waals surface area contributed by atoms with E-state index < -0.39 is 0 Å². The molecular weight excluding hydrogens is 771 g/mol. The lowest BCUT2D eigenvalue weighted by molar-refractivity contribution is 1.18. The molecule has 10 aromatic carbocycles. The Kier molecular flexibility index (Phi) is 7.78. The normalized spacial score (nSPS) is 11.9. The van der Waals surface area contributed by atoms with Gasteiger partial charge in [0.2, 0.25) is 0 Å². The first kappa shape index (κ1) is 34.9. The number of benzene rings is 10. The third-order valence-corrected chi connectivity index (χ3v) is 13.9. The Hall–Kier alpha value is -7.92. The molecule has 0 aliphatic carbocycles. The second-order valence-corrected chi connectivity index (χ2v) is 17.2. The minimum absolute atomic E-state index is 0.846. The minimum Gasteiger partial charge on any atom is -0.309 e. The van der Waals surface area contributed by atoms with Crippen molar-refractivity contribution in [2.75, 3.05) is 0 Å². The molecule has 3 aromatic heterocycles. The number of hydrogen-bond acceptors (Lipinski definition) is 3. The van der Waals surface area contributed by atoms with Crippen LogP contribution in [0.5, 0.6) is 0 Å². The molecule has 3 heterocycles. The summed E-state index contributed by atoms with van der Waals surface area (Å²) in [5.74, 6) is 0. The van der Waals surface area contributed by atoms with Gasteiger partial charge in [0.15, 0.2) is 0 Å². The molecule has 0 saturated carbocycles. The van der Waals surface area contributed by atoms with Crippen LogP contribution in [-0.4, -0.2) is 14.5 Å². The molecule has 0 radical (unpaired) electrons. The number of thiophene rings is 1. The fourth-order valence-electron chi connectivity index (χ4n) is 9.74. The van der Waals surface area contributed by atoms with E-state index in [0.717, 1.165) is 39.2 Å². The first-order valence-corrected chi connectivity index (χ1v) is 21.9. The average Bonchev–Trinajstić information content (AvgIpc) is 3.89. The van der Waals surface area contributed by atoms with Gasteiger partial charge < -0.3 is 4.57 Å². The van der Waals surface area contributed by atoms with Gasteiger partial charge in [0.1, 0.15) is 0 Å². The Balaban J connectivity index is 0.958. The van der Waals surface area contributed by atoms with E-state index in [9.17, 15) is 0 Å². The molecule has 0 spiro atoms. The van der Waals surface area contributed by atoms with Crippen molar-refractivity contribution in [2.24, 2.45) is 0 Å². The maximum atomic E-state index is 5.36. The molecule has 13 rings (SSSR count). The van der Waals surface area contributed by atoms with Crippen LogP contribution in [0.3, 0.4) is 0 Å². The SMILES string of the molecule is c1ccc(-c2ccc(-n3c4ccc(-c5ccccc5)cc4c4cc(-c5cncc(-c6cccc7c6sc6cc8c9ccccc9c9ccccc9c8cc67)n5)ccc43)cc2)cc1. The number of nitrogens with zero attached hydrogens (tertiary/aromatic N) is 3. The average molecular weight is 806 g/mol. The molecule has 3 nitrogen and oxygen atoms in total. The predicted octanol–water partition coefficient (Wildman–Crippen LogP) is 16.1. The first-order valence-electron chi connectivity index (χ1n) is 21.0. The van der Waals surface area contributed by atoms with Crippen molar-refractivity contribution in [3.05, 3.63) is 213 Å². The lowest BCUT2D eigenvalue weighted by atomic mass is 9.93. The van der Waals surface area contributed by atoms with E-state index in [1.807, 2.05) is 23.7 Å². The number of aromatic nitrogens is 3. The lowest BCUT2D eigenvalue weighted by Crippen LogP contribution is -1.94. The van der Waals surface area contributed by atoms with Crippen LogP contribution >= 0.6 is 11.3 Å². The maximum absolute atomic E-state index is 5.36. The highest BCUT2D eigenvalue weighted by molar-refractivity contribution is 7.26. The molecule has 0 bridgehead atoms. The number of hydrogen-bond donors (Lipinski definition) is 0. The van der Waals surface area contributed by atoms with Crippen LogP contribution < -0.4 is 0 Å². The molecule has 0 saturated heterocycles. The zero-order valence-corrected chi connectivity index (χ0v) is 34.3. The van der Waals surface area contributed by atoms with Crippen LogP contribution in [0.1, 0.15) is 0 Å². The van der Waals surface area contributed by atoms with Gasteiger partial charge in [-0.25, -0.2) is 4.98 Å². The van der Waals surface area contributed by atoms with Gasteiger partial charge in [-0.05, 0) is 103 Å². The molecule has 4 heteroatoms. The molecule has 0 N–H and O–H groups in total. The zero-order valence-electron chi connectivity index (χ0n) is 33.5. The highest BCUT2D eigenvalue weighted by atomic mass is 32.1. The number of fused-ring (bicyclic) bond motifs is 12. The van der Waals surface area contributed by atoms with Gasteiger partial charge in [-0.1, -0.05) is 152 Å². The molecule has 0 unspecified atom stereocenters. The van der Waals surface area contributed by atoms with Crippen LogP contribution in [0.15, 0.2) is 213 Å². The molecular formula is C58H35N3S. The van der Waals surface area contributed by atoms with E-state index in [2.05, 4.69) is 205 Å². The second kappa shape index (κ2) is 13.8. The third kappa shape index (κ3) is 5.44. The van der Waals surface area contributed by atoms with Crippen LogP contribution in [0.25, 0.3) is 125 Å². The van der Waals surface area contributed by atoms with Gasteiger partial charge in [0.25, 0.3) is 0 Å². The summed E-state index contributed by atoms with van der Waals surface area (Å²) < 4.78 is 4.89. The molecule has 288 valence electrons. The summed E-state index contributed by atoms with van der Waals surface area (Å²) in [6.45, 7) is 0. The van der Waals surface area contributed by atoms with Crippen LogP contribution in [-0.2, 0) is 0 Å². The van der Waals surface area contributed by atoms with Crippen molar-refractivity contribution >= 4 is 85.6 Å². The van der Waals surface area contributed by atoms with E-state index in [4.69, 9.17) is 9.97 Å². The zero-order chi connectivity index (χ0) is 40.7. The van der Waals surface area contributed by atoms with Crippen LogP contribution in [0.4, 0.5) is 0 Å². The topological polar surface area (TPSA) is 30.7 Å². The minimum atomic E-state index is 0.846. The predicted molar refractivity (Wildman–Crippen MR) is 264 cm³/mol. The molecule has 0 fully saturated rings. The fourth-order valence-corrected chi connectivity index (χ4v) is 11.0. The quantitative estimate of drug-likeness (QED) is 0.162. The van der Waals surface area contributed by atoms with Gasteiger partial charge in [0.05, 0.1) is 34.8 Å². The Bertz CT molecular complexity index is 3900. The largest absolute Gasteiger partial charge is 0.309 e. The molecule has 0 aliphatic heterocycles. The summed E-state index contributed by atoms with van der Waals surface area (Å²) in [6.07, 6.45) is 3.81. The lowest BCUT2D eigenvalue weighted by Gasteiger charge is -2.10. The van der Waals surface area contributed by atoms with Gasteiger partial charge >= 0.3 is 0 Å². The van der Waals surface area contributed by atoms with E-state index >= 15 is 0 Å². The van der Waals surface area contributed by atoms with E-state index in [0.29, 0.717) is 0 Å². The molecule has 0 amide bonds. The summed E-state index contributed by atoms with van der Waals surface area (Å²) >= 11 is 1.85. The fraction of sp³-hybridized carbons (Fsp3) is 0. The van der Waals surface area contributed by atoms with Crippen molar-refractivity contribution in [3.63, 3.8) is 0 Å².